The smallest absolute Gasteiger partial charge is 0.327 e. The molecule has 2 heterocycles. The number of hydrogen-bond donors (Lipinski definition) is 1. The molecule has 5 nitrogen and oxygen atoms in total. The van der Waals surface area contributed by atoms with E-state index in [-0.39, 0.29) is 11.1 Å². The van der Waals surface area contributed by atoms with E-state index in [2.05, 4.69) is 20.9 Å². The van der Waals surface area contributed by atoms with Crippen LogP contribution in [0.15, 0.2) is 16.7 Å². The average Bonchev–Trinajstić information content (AvgIpc) is 2.70. The lowest BCUT2D eigenvalue weighted by Gasteiger charge is -2.24. The van der Waals surface area contributed by atoms with Gasteiger partial charge in [0.25, 0.3) is 5.91 Å². The molecule has 1 aliphatic heterocycles. The van der Waals surface area contributed by atoms with Crippen molar-refractivity contribution >= 4 is 39.6 Å². The number of carbonyl (C=O) groups excluding carboxylic acids is 1. The van der Waals surface area contributed by atoms with E-state index in [1.165, 1.54) is 18.0 Å². The zero-order chi connectivity index (χ0) is 14.2. The molecule has 2 atom stereocenters. The van der Waals surface area contributed by atoms with Crippen LogP contribution in [0.5, 0.6) is 0 Å². The quantitative estimate of drug-likeness (QED) is 0.884. The summed E-state index contributed by atoms with van der Waals surface area (Å²) in [5, 5.41) is 8.76. The van der Waals surface area contributed by atoms with Crippen molar-refractivity contribution in [3.63, 3.8) is 0 Å². The molecule has 0 bridgehead atoms. The largest absolute Gasteiger partial charge is 0.480 e. The summed E-state index contributed by atoms with van der Waals surface area (Å²) in [6, 6.07) is 0.182. The number of aliphatic carboxylic acids is 1. The Labute approximate surface area is 121 Å². The molecule has 2 unspecified atom stereocenters. The Morgan fingerprint density at radius 2 is 2.32 bits per heavy atom. The van der Waals surface area contributed by atoms with Gasteiger partial charge in [0.2, 0.25) is 0 Å². The first-order chi connectivity index (χ1) is 8.91. The summed E-state index contributed by atoms with van der Waals surface area (Å²) in [5.41, 5.74) is -0.358. The van der Waals surface area contributed by atoms with E-state index >= 15 is 0 Å². The number of carbonyl (C=O) groups is 2. The molecule has 0 saturated carbocycles. The molecule has 0 radical (unpaired) electrons. The molecule has 0 aliphatic carbocycles. The molecule has 0 aromatic carbocycles. The second-order valence-electron chi connectivity index (χ2n) is 3.98. The minimum absolute atomic E-state index is 0.292. The van der Waals surface area contributed by atoms with Crippen LogP contribution in [-0.2, 0) is 4.79 Å². The fraction of sp³-hybridized carbons (Fsp3) is 0.364. The van der Waals surface area contributed by atoms with Crippen LogP contribution >= 0.6 is 27.7 Å². The van der Waals surface area contributed by atoms with Gasteiger partial charge in [-0.1, -0.05) is 0 Å². The molecule has 1 aromatic rings. The summed E-state index contributed by atoms with van der Waals surface area (Å²) in [6.07, 6.45) is 1.31. The van der Waals surface area contributed by atoms with Gasteiger partial charge in [0.15, 0.2) is 11.5 Å². The molecule has 1 fully saturated rings. The zero-order valence-electron chi connectivity index (χ0n) is 9.84. The minimum atomic E-state index is -1.09. The molecule has 1 aliphatic rings. The number of amides is 1. The topological polar surface area (TPSA) is 70.5 Å². The fourth-order valence-electron chi connectivity index (χ4n) is 1.84. The van der Waals surface area contributed by atoms with E-state index < -0.39 is 23.7 Å². The first-order valence-corrected chi connectivity index (χ1v) is 7.24. The highest BCUT2D eigenvalue weighted by Gasteiger charge is 2.40. The van der Waals surface area contributed by atoms with Crippen LogP contribution in [0.25, 0.3) is 0 Å². The minimum Gasteiger partial charge on any atom is -0.480 e. The van der Waals surface area contributed by atoms with Crippen LogP contribution in [0.1, 0.15) is 17.4 Å². The van der Waals surface area contributed by atoms with Gasteiger partial charge in [-0.25, -0.2) is 14.2 Å². The second kappa shape index (κ2) is 5.46. The number of rotatable bonds is 2. The third kappa shape index (κ3) is 2.74. The molecule has 8 heteroatoms. The SMILES string of the molecule is CC1SCC(C(=O)O)N1C(=O)c1ncc(Br)cc1F. The van der Waals surface area contributed by atoms with Gasteiger partial charge < -0.3 is 10.0 Å². The molecule has 1 saturated heterocycles. The molecule has 0 spiro atoms. The predicted octanol–water partition coefficient (Wildman–Crippen LogP) is 1.97. The number of thioether (sulfide) groups is 1. The highest BCUT2D eigenvalue weighted by Crippen LogP contribution is 2.30. The molecule has 2 rings (SSSR count). The van der Waals surface area contributed by atoms with Crippen molar-refractivity contribution in [3.8, 4) is 0 Å². The maximum atomic E-state index is 13.7. The second-order valence-corrected chi connectivity index (χ2v) is 6.25. The van der Waals surface area contributed by atoms with E-state index in [4.69, 9.17) is 5.11 Å². The number of hydrogen-bond acceptors (Lipinski definition) is 4. The summed E-state index contributed by atoms with van der Waals surface area (Å²) in [6.45, 7) is 1.71. The number of nitrogens with zero attached hydrogens (tertiary/aromatic N) is 2. The maximum Gasteiger partial charge on any atom is 0.327 e. The molecule has 1 aromatic heterocycles. The highest BCUT2D eigenvalue weighted by atomic mass is 79.9. The van der Waals surface area contributed by atoms with Gasteiger partial charge in [0.1, 0.15) is 6.04 Å². The van der Waals surface area contributed by atoms with Crippen LogP contribution in [0.3, 0.4) is 0 Å². The third-order valence-corrected chi connectivity index (χ3v) is 4.40. The first kappa shape index (κ1) is 14.3. The van der Waals surface area contributed by atoms with Crippen LogP contribution in [0, 0.1) is 5.82 Å². The molecule has 102 valence electrons. The Bertz CT molecular complexity index is 543. The summed E-state index contributed by atoms with van der Waals surface area (Å²) >= 11 is 4.39. The standard InChI is InChI=1S/C11H10BrFN2O3S/c1-5-15(8(4-19-5)11(17)18)10(16)9-7(13)2-6(12)3-14-9/h2-3,5,8H,4H2,1H3,(H,17,18). The predicted molar refractivity (Wildman–Crippen MR) is 71.4 cm³/mol. The number of carboxylic acids is 1. The molecule has 1 amide bonds. The Morgan fingerprint density at radius 1 is 1.63 bits per heavy atom. The van der Waals surface area contributed by atoms with Gasteiger partial charge in [0, 0.05) is 16.4 Å². The van der Waals surface area contributed by atoms with E-state index in [1.807, 2.05) is 0 Å². The molecule has 1 N–H and O–H groups in total. The van der Waals surface area contributed by atoms with Crippen molar-refractivity contribution in [1.82, 2.24) is 9.88 Å². The normalized spacial score (nSPS) is 22.6. The fourth-order valence-corrected chi connectivity index (χ4v) is 3.31. The Balaban J connectivity index is 2.34. The van der Waals surface area contributed by atoms with Crippen LogP contribution < -0.4 is 0 Å². The van der Waals surface area contributed by atoms with Crippen molar-refractivity contribution in [2.45, 2.75) is 18.3 Å². The van der Waals surface area contributed by atoms with E-state index in [1.54, 1.807) is 6.92 Å². The lowest BCUT2D eigenvalue weighted by atomic mass is 10.2. The van der Waals surface area contributed by atoms with Crippen molar-refractivity contribution < 1.29 is 19.1 Å². The average molecular weight is 349 g/mol. The summed E-state index contributed by atoms with van der Waals surface area (Å²) in [4.78, 5) is 28.2. The van der Waals surface area contributed by atoms with Crippen molar-refractivity contribution in [2.24, 2.45) is 0 Å². The Hall–Kier alpha value is -1.15. The van der Waals surface area contributed by atoms with Gasteiger partial charge in [-0.2, -0.15) is 0 Å². The summed E-state index contributed by atoms with van der Waals surface area (Å²) in [5.74, 6) is -2.27. The lowest BCUT2D eigenvalue weighted by Crippen LogP contribution is -2.45. The number of carboxylic acid groups (broad SMARTS) is 1. The van der Waals surface area contributed by atoms with Gasteiger partial charge >= 0.3 is 5.97 Å². The van der Waals surface area contributed by atoms with Crippen molar-refractivity contribution in [2.75, 3.05) is 5.75 Å². The van der Waals surface area contributed by atoms with E-state index in [9.17, 15) is 14.0 Å². The van der Waals surface area contributed by atoms with Gasteiger partial charge in [-0.05, 0) is 28.9 Å². The van der Waals surface area contributed by atoms with Gasteiger partial charge in [-0.3, -0.25) is 4.79 Å². The first-order valence-electron chi connectivity index (χ1n) is 5.40. The Kier molecular flexibility index (Phi) is 4.10. The molecular weight excluding hydrogens is 339 g/mol. The van der Waals surface area contributed by atoms with E-state index in [0.29, 0.717) is 10.2 Å². The van der Waals surface area contributed by atoms with Gasteiger partial charge in [-0.15, -0.1) is 11.8 Å². The number of aromatic nitrogens is 1. The van der Waals surface area contributed by atoms with Crippen LogP contribution in [0.4, 0.5) is 4.39 Å². The monoisotopic (exact) mass is 348 g/mol. The lowest BCUT2D eigenvalue weighted by molar-refractivity contribution is -0.141. The van der Waals surface area contributed by atoms with Crippen molar-refractivity contribution in [1.29, 1.82) is 0 Å². The molecular formula is C11H10BrFN2O3S. The van der Waals surface area contributed by atoms with Crippen molar-refractivity contribution in [3.05, 3.63) is 28.2 Å². The molecule has 19 heavy (non-hydrogen) atoms. The maximum absolute atomic E-state index is 13.7. The highest BCUT2D eigenvalue weighted by molar-refractivity contribution is 9.10. The summed E-state index contributed by atoms with van der Waals surface area (Å²) in [7, 11) is 0. The van der Waals surface area contributed by atoms with Crippen LogP contribution in [0.2, 0.25) is 0 Å². The Morgan fingerprint density at radius 3 is 2.89 bits per heavy atom. The van der Waals surface area contributed by atoms with Gasteiger partial charge in [0.05, 0.1) is 5.37 Å². The van der Waals surface area contributed by atoms with Crippen LogP contribution in [-0.4, -0.2) is 44.0 Å². The number of pyridine rings is 1. The number of halogens is 2. The zero-order valence-corrected chi connectivity index (χ0v) is 12.2. The third-order valence-electron chi connectivity index (χ3n) is 2.75. The summed E-state index contributed by atoms with van der Waals surface area (Å²) < 4.78 is 14.1. The van der Waals surface area contributed by atoms with E-state index in [0.717, 1.165) is 11.0 Å².